The van der Waals surface area contributed by atoms with Crippen LogP contribution in [0.2, 0.25) is 5.15 Å². The fourth-order valence-corrected chi connectivity index (χ4v) is 0.810. The Balaban J connectivity index is 0.000000360. The van der Waals surface area contributed by atoms with Gasteiger partial charge in [0.05, 0.1) is 0 Å². The molecule has 0 atom stereocenters. The molecule has 0 unspecified atom stereocenters. The van der Waals surface area contributed by atoms with Gasteiger partial charge in [0, 0.05) is 11.9 Å². The van der Waals surface area contributed by atoms with Gasteiger partial charge in [0.1, 0.15) is 5.15 Å². The molecule has 0 bridgehead atoms. The zero-order valence-electron chi connectivity index (χ0n) is 8.62. The van der Waals surface area contributed by atoms with Crippen molar-refractivity contribution in [2.75, 3.05) is 5.32 Å². The van der Waals surface area contributed by atoms with Crippen LogP contribution in [0.4, 0.5) is 18.9 Å². The Morgan fingerprint density at radius 2 is 2.06 bits per heavy atom. The summed E-state index contributed by atoms with van der Waals surface area (Å²) in [5.74, 6) is -2.88. The number of halogens is 4. The molecule has 100 valence electrons. The summed E-state index contributed by atoms with van der Waals surface area (Å²) in [4.78, 5) is 12.7. The monoisotopic (exact) mass is 284 g/mol. The average Bonchev–Trinajstić information content (AvgIpc) is 2.15. The number of nitrogens with zero attached hydrogens (tertiary/aromatic N) is 1. The van der Waals surface area contributed by atoms with Crippen molar-refractivity contribution in [3.05, 3.63) is 23.5 Å². The number of aliphatic carboxylic acids is 1. The number of carbonyl (C=O) groups is 1. The molecule has 5 N–H and O–H groups in total. The van der Waals surface area contributed by atoms with Gasteiger partial charge < -0.3 is 16.2 Å². The summed E-state index contributed by atoms with van der Waals surface area (Å²) in [7, 11) is 0. The highest BCUT2D eigenvalue weighted by atomic mass is 35.5. The van der Waals surface area contributed by atoms with E-state index in [9.17, 15) is 13.2 Å². The fourth-order valence-electron chi connectivity index (χ4n) is 0.636. The third-order valence-electron chi connectivity index (χ3n) is 1.25. The number of carboxylic acids is 1. The molecule has 0 fully saturated rings. The lowest BCUT2D eigenvalue weighted by molar-refractivity contribution is -0.192. The predicted molar refractivity (Wildman–Crippen MR) is 58.5 cm³/mol. The van der Waals surface area contributed by atoms with Gasteiger partial charge in [0.2, 0.25) is 0 Å². The Kier molecular flexibility index (Phi) is 5.89. The standard InChI is InChI=1S/C6H7ClN4.C2HF3O2/c7-5-3-4(1-2-10-5)11-6(8)9;3-2(4,5)1(6)7/h1-3H,(H4,8,9,10,11);(H,6,7). The van der Waals surface area contributed by atoms with E-state index in [1.165, 1.54) is 6.20 Å². The molecular weight excluding hydrogens is 277 g/mol. The first-order chi connectivity index (χ1) is 8.12. The maximum absolute atomic E-state index is 10.6. The van der Waals surface area contributed by atoms with E-state index in [1.54, 1.807) is 12.1 Å². The van der Waals surface area contributed by atoms with Crippen molar-refractivity contribution in [2.45, 2.75) is 6.18 Å². The predicted octanol–water partition coefficient (Wildman–Crippen LogP) is 1.67. The van der Waals surface area contributed by atoms with Crippen molar-refractivity contribution in [3.63, 3.8) is 0 Å². The Hall–Kier alpha value is -2.03. The fraction of sp³-hybridized carbons (Fsp3) is 0.125. The number of nitrogens with one attached hydrogen (secondary N) is 2. The van der Waals surface area contributed by atoms with Crippen molar-refractivity contribution < 1.29 is 23.1 Å². The molecule has 0 aliphatic heterocycles. The highest BCUT2D eigenvalue weighted by Gasteiger charge is 2.38. The Bertz CT molecular complexity index is 439. The summed E-state index contributed by atoms with van der Waals surface area (Å²) in [6, 6.07) is 3.26. The van der Waals surface area contributed by atoms with Gasteiger partial charge in [-0.2, -0.15) is 13.2 Å². The molecule has 1 aromatic rings. The van der Waals surface area contributed by atoms with Crippen LogP contribution in [-0.2, 0) is 4.79 Å². The molecule has 0 aliphatic carbocycles. The molecule has 18 heavy (non-hydrogen) atoms. The molecule has 0 radical (unpaired) electrons. The van der Waals surface area contributed by atoms with E-state index in [2.05, 4.69) is 10.3 Å². The van der Waals surface area contributed by atoms with E-state index < -0.39 is 12.1 Å². The smallest absolute Gasteiger partial charge is 0.475 e. The minimum Gasteiger partial charge on any atom is -0.475 e. The van der Waals surface area contributed by atoms with Crippen molar-refractivity contribution in [3.8, 4) is 0 Å². The number of hydrogen-bond donors (Lipinski definition) is 4. The number of nitrogens with two attached hydrogens (primary N) is 1. The second-order valence-electron chi connectivity index (χ2n) is 2.71. The first kappa shape index (κ1) is 16.0. The highest BCUT2D eigenvalue weighted by molar-refractivity contribution is 6.29. The van der Waals surface area contributed by atoms with Crippen LogP contribution in [0.5, 0.6) is 0 Å². The zero-order chi connectivity index (χ0) is 14.3. The lowest BCUT2D eigenvalue weighted by Gasteiger charge is -2.01. The summed E-state index contributed by atoms with van der Waals surface area (Å²) in [6.07, 6.45) is -3.55. The Labute approximate surface area is 104 Å². The largest absolute Gasteiger partial charge is 0.490 e. The van der Waals surface area contributed by atoms with E-state index in [1.807, 2.05) is 0 Å². The number of pyridine rings is 1. The average molecular weight is 285 g/mol. The second kappa shape index (κ2) is 6.64. The molecule has 10 heteroatoms. The molecule has 0 saturated heterocycles. The molecule has 1 rings (SSSR count). The Morgan fingerprint density at radius 1 is 1.56 bits per heavy atom. The van der Waals surface area contributed by atoms with Gasteiger partial charge in [-0.15, -0.1) is 0 Å². The van der Waals surface area contributed by atoms with Crippen LogP contribution in [0.25, 0.3) is 0 Å². The van der Waals surface area contributed by atoms with E-state index in [0.29, 0.717) is 10.8 Å². The lowest BCUT2D eigenvalue weighted by Crippen LogP contribution is -2.21. The summed E-state index contributed by atoms with van der Waals surface area (Å²) in [5.41, 5.74) is 5.75. The van der Waals surface area contributed by atoms with Gasteiger partial charge in [-0.05, 0) is 12.1 Å². The number of rotatable bonds is 1. The number of alkyl halides is 3. The van der Waals surface area contributed by atoms with Gasteiger partial charge in [-0.25, -0.2) is 9.78 Å². The van der Waals surface area contributed by atoms with Gasteiger partial charge in [-0.1, -0.05) is 11.6 Å². The van der Waals surface area contributed by atoms with Gasteiger partial charge in [0.25, 0.3) is 0 Å². The van der Waals surface area contributed by atoms with Crippen molar-refractivity contribution in [2.24, 2.45) is 5.73 Å². The molecule has 0 amide bonds. The summed E-state index contributed by atoms with van der Waals surface area (Å²) in [5, 5.41) is 17.0. The SMILES string of the molecule is N=C(N)Nc1ccnc(Cl)c1.O=C(O)C(F)(F)F. The van der Waals surface area contributed by atoms with Crippen molar-refractivity contribution in [1.29, 1.82) is 5.41 Å². The van der Waals surface area contributed by atoms with Crippen LogP contribution in [0.15, 0.2) is 18.3 Å². The molecule has 0 aliphatic rings. The van der Waals surface area contributed by atoms with Crippen LogP contribution in [0, 0.1) is 5.41 Å². The Morgan fingerprint density at radius 3 is 2.39 bits per heavy atom. The molecule has 1 heterocycles. The van der Waals surface area contributed by atoms with Crippen LogP contribution in [0.1, 0.15) is 0 Å². The van der Waals surface area contributed by atoms with Crippen molar-refractivity contribution in [1.82, 2.24) is 4.98 Å². The third-order valence-corrected chi connectivity index (χ3v) is 1.45. The molecular formula is C8H8ClF3N4O2. The minimum absolute atomic E-state index is 0.118. The van der Waals surface area contributed by atoms with E-state index in [0.717, 1.165) is 0 Å². The van der Waals surface area contributed by atoms with Gasteiger partial charge >= 0.3 is 12.1 Å². The first-order valence-electron chi connectivity index (χ1n) is 4.15. The normalized spacial score (nSPS) is 10.0. The quantitative estimate of drug-likeness (QED) is 0.356. The van der Waals surface area contributed by atoms with Gasteiger partial charge in [0.15, 0.2) is 5.96 Å². The highest BCUT2D eigenvalue weighted by Crippen LogP contribution is 2.13. The number of guanidine groups is 1. The first-order valence-corrected chi connectivity index (χ1v) is 4.53. The lowest BCUT2D eigenvalue weighted by atomic mass is 10.4. The number of hydrogen-bond acceptors (Lipinski definition) is 3. The van der Waals surface area contributed by atoms with Crippen LogP contribution < -0.4 is 11.1 Å². The molecule has 6 nitrogen and oxygen atoms in total. The second-order valence-corrected chi connectivity index (χ2v) is 3.10. The molecule has 0 saturated carbocycles. The third kappa shape index (κ3) is 7.28. The number of carboxylic acid groups (broad SMARTS) is 1. The van der Waals surface area contributed by atoms with Crippen LogP contribution >= 0.6 is 11.6 Å². The molecule has 0 spiro atoms. The maximum Gasteiger partial charge on any atom is 0.490 e. The van der Waals surface area contributed by atoms with E-state index in [4.69, 9.17) is 32.6 Å². The number of aromatic nitrogens is 1. The molecule has 1 aromatic heterocycles. The topological polar surface area (TPSA) is 112 Å². The molecule has 0 aromatic carbocycles. The minimum atomic E-state index is -5.08. The van der Waals surface area contributed by atoms with Crippen LogP contribution in [-0.4, -0.2) is 28.2 Å². The van der Waals surface area contributed by atoms with Crippen LogP contribution in [0.3, 0.4) is 0 Å². The van der Waals surface area contributed by atoms with E-state index in [-0.39, 0.29) is 5.96 Å². The summed E-state index contributed by atoms with van der Waals surface area (Å²) < 4.78 is 31.7. The maximum atomic E-state index is 10.6. The summed E-state index contributed by atoms with van der Waals surface area (Å²) in [6.45, 7) is 0. The zero-order valence-corrected chi connectivity index (χ0v) is 9.38. The number of anilines is 1. The van der Waals surface area contributed by atoms with Gasteiger partial charge in [-0.3, -0.25) is 5.41 Å². The van der Waals surface area contributed by atoms with E-state index >= 15 is 0 Å². The van der Waals surface area contributed by atoms with Crippen molar-refractivity contribution >= 4 is 29.2 Å². The summed E-state index contributed by atoms with van der Waals surface area (Å²) >= 11 is 5.57.